The monoisotopic (exact) mass is 482 g/mol. The lowest BCUT2D eigenvalue weighted by atomic mass is 9.98. The maximum absolute atomic E-state index is 5.09. The van der Waals surface area contributed by atoms with Crippen LogP contribution in [0.15, 0.2) is 46.5 Å². The van der Waals surface area contributed by atoms with Crippen LogP contribution in [-0.4, -0.2) is 21.4 Å². The van der Waals surface area contributed by atoms with Gasteiger partial charge in [0, 0.05) is 6.20 Å². The first-order valence-electron chi connectivity index (χ1n) is 13.6. The van der Waals surface area contributed by atoms with Crippen LogP contribution in [0.4, 0.5) is 11.4 Å². The van der Waals surface area contributed by atoms with Gasteiger partial charge in [0.1, 0.15) is 0 Å². The van der Waals surface area contributed by atoms with Gasteiger partial charge >= 0.3 is 0 Å². The van der Waals surface area contributed by atoms with Crippen LogP contribution in [0, 0.1) is 0 Å². The highest BCUT2D eigenvalue weighted by atomic mass is 14.9. The molecule has 4 heteroatoms. The van der Waals surface area contributed by atoms with E-state index in [2.05, 4.69) is 70.8 Å². The number of aliphatic imine (C=N–C) groups is 2. The minimum atomic E-state index is 0.651. The summed E-state index contributed by atoms with van der Waals surface area (Å²) in [5, 5.41) is 0. The molecule has 0 bridgehead atoms. The summed E-state index contributed by atoms with van der Waals surface area (Å²) in [6.07, 6.45) is 7.73. The molecular formula is C32H42N4. The van der Waals surface area contributed by atoms with E-state index in [1.54, 1.807) is 0 Å². The molecule has 0 aliphatic rings. The van der Waals surface area contributed by atoms with Crippen LogP contribution in [0.25, 0.3) is 0 Å². The lowest BCUT2D eigenvalue weighted by Crippen LogP contribution is -2.08. The van der Waals surface area contributed by atoms with Crippen LogP contribution in [-0.2, 0) is 38.5 Å². The first kappa shape index (κ1) is 27.4. The molecule has 190 valence electrons. The molecule has 0 saturated carbocycles. The number of nitrogens with zero attached hydrogens (tertiary/aromatic N) is 4. The summed E-state index contributed by atoms with van der Waals surface area (Å²) in [6.45, 7) is 17.3. The van der Waals surface area contributed by atoms with E-state index in [4.69, 9.17) is 15.0 Å². The third kappa shape index (κ3) is 6.16. The Bertz CT molecular complexity index is 1120. The number of rotatable bonds is 10. The summed E-state index contributed by atoms with van der Waals surface area (Å²) in [4.78, 5) is 19.6. The highest BCUT2D eigenvalue weighted by molar-refractivity contribution is 6.01. The third-order valence-electron chi connectivity index (χ3n) is 6.90. The van der Waals surface area contributed by atoms with Crippen LogP contribution in [0.1, 0.15) is 100 Å². The van der Waals surface area contributed by atoms with Gasteiger partial charge in [-0.2, -0.15) is 0 Å². The van der Waals surface area contributed by atoms with E-state index in [1.165, 1.54) is 33.4 Å². The molecule has 3 rings (SSSR count). The van der Waals surface area contributed by atoms with Crippen molar-refractivity contribution in [1.82, 2.24) is 9.97 Å². The quantitative estimate of drug-likeness (QED) is 0.274. The van der Waals surface area contributed by atoms with E-state index >= 15 is 0 Å². The lowest BCUT2D eigenvalue weighted by Gasteiger charge is -2.14. The Morgan fingerprint density at radius 1 is 0.611 bits per heavy atom. The van der Waals surface area contributed by atoms with Crippen LogP contribution >= 0.6 is 0 Å². The minimum Gasteiger partial charge on any atom is -0.251 e. The maximum Gasteiger partial charge on any atom is 0.174 e. The first-order chi connectivity index (χ1) is 17.4. The van der Waals surface area contributed by atoms with Crippen molar-refractivity contribution in [3.63, 3.8) is 0 Å². The van der Waals surface area contributed by atoms with Gasteiger partial charge in [0.05, 0.1) is 28.5 Å². The summed E-state index contributed by atoms with van der Waals surface area (Å²) in [6, 6.07) is 11.1. The fourth-order valence-electron chi connectivity index (χ4n) is 4.62. The van der Waals surface area contributed by atoms with E-state index < -0.39 is 0 Å². The molecule has 0 aliphatic carbocycles. The number of benzene rings is 2. The van der Waals surface area contributed by atoms with Crippen molar-refractivity contribution in [2.45, 2.75) is 93.9 Å². The van der Waals surface area contributed by atoms with E-state index in [9.17, 15) is 0 Å². The summed E-state index contributed by atoms with van der Waals surface area (Å²) >= 11 is 0. The third-order valence-corrected chi connectivity index (χ3v) is 6.90. The highest BCUT2D eigenvalue weighted by Crippen LogP contribution is 2.30. The number of hydrogen-bond donors (Lipinski definition) is 0. The fraction of sp³-hybridized carbons (Fsp3) is 0.438. The molecule has 36 heavy (non-hydrogen) atoms. The van der Waals surface area contributed by atoms with Crippen LogP contribution < -0.4 is 0 Å². The second-order valence-corrected chi connectivity index (χ2v) is 9.31. The van der Waals surface area contributed by atoms with Gasteiger partial charge < -0.3 is 0 Å². The molecule has 0 saturated heterocycles. The summed E-state index contributed by atoms with van der Waals surface area (Å²) < 4.78 is 0. The van der Waals surface area contributed by atoms with Crippen molar-refractivity contribution in [3.8, 4) is 0 Å². The van der Waals surface area contributed by atoms with Gasteiger partial charge in [0.25, 0.3) is 0 Å². The van der Waals surface area contributed by atoms with Crippen LogP contribution in [0.2, 0.25) is 0 Å². The molecule has 4 nitrogen and oxygen atoms in total. The second-order valence-electron chi connectivity index (χ2n) is 9.31. The molecule has 1 aromatic heterocycles. The number of hydrogen-bond acceptors (Lipinski definition) is 4. The Morgan fingerprint density at radius 2 is 1.03 bits per heavy atom. The van der Waals surface area contributed by atoms with Gasteiger partial charge in [-0.05, 0) is 91.8 Å². The SMILES string of the molecule is CCc1cc(CC)c(/N=C(\C)c2ccnc(/C(C)=N/c3c(CC)cc(CC)cc3CC)n2)c(CC)c1. The van der Waals surface area contributed by atoms with Crippen LogP contribution in [0.5, 0.6) is 0 Å². The predicted octanol–water partition coefficient (Wildman–Crippen LogP) is 8.13. The van der Waals surface area contributed by atoms with E-state index in [0.717, 1.165) is 67.0 Å². The summed E-state index contributed by atoms with van der Waals surface area (Å²) in [7, 11) is 0. The van der Waals surface area contributed by atoms with Gasteiger partial charge in [-0.3, -0.25) is 4.99 Å². The van der Waals surface area contributed by atoms with Gasteiger partial charge in [-0.25, -0.2) is 15.0 Å². The van der Waals surface area contributed by atoms with Crippen molar-refractivity contribution < 1.29 is 0 Å². The predicted molar refractivity (Wildman–Crippen MR) is 155 cm³/mol. The zero-order chi connectivity index (χ0) is 26.2. The summed E-state index contributed by atoms with van der Waals surface area (Å²) in [5.41, 5.74) is 12.7. The van der Waals surface area contributed by atoms with E-state index in [0.29, 0.717) is 5.82 Å². The Morgan fingerprint density at radius 3 is 1.42 bits per heavy atom. The van der Waals surface area contributed by atoms with Crippen molar-refractivity contribution in [3.05, 3.63) is 81.4 Å². The molecule has 0 fully saturated rings. The second kappa shape index (κ2) is 12.7. The van der Waals surface area contributed by atoms with Gasteiger partial charge in [0.2, 0.25) is 0 Å². The summed E-state index contributed by atoms with van der Waals surface area (Å²) in [5.74, 6) is 0.651. The highest BCUT2D eigenvalue weighted by Gasteiger charge is 2.13. The lowest BCUT2D eigenvalue weighted by molar-refractivity contribution is 1.03. The fourth-order valence-corrected chi connectivity index (χ4v) is 4.62. The Balaban J connectivity index is 2.04. The zero-order valence-electron chi connectivity index (χ0n) is 23.5. The van der Waals surface area contributed by atoms with E-state index in [-0.39, 0.29) is 0 Å². The van der Waals surface area contributed by atoms with Crippen molar-refractivity contribution in [2.24, 2.45) is 9.98 Å². The molecular weight excluding hydrogens is 440 g/mol. The zero-order valence-corrected chi connectivity index (χ0v) is 23.5. The Hall–Kier alpha value is -3.14. The molecule has 0 N–H and O–H groups in total. The van der Waals surface area contributed by atoms with E-state index in [1.807, 2.05) is 26.1 Å². The number of aromatic nitrogens is 2. The van der Waals surface area contributed by atoms with Crippen molar-refractivity contribution in [1.29, 1.82) is 0 Å². The standard InChI is InChI=1S/C32H42N4/c1-9-23-17-25(11-3)30(26(12-4)18-23)34-21(7)29-15-16-33-32(36-29)22(8)35-31-27(13-5)19-24(10-2)20-28(31)14-6/h15-20H,9-14H2,1-8H3/b34-21+,35-22+. The van der Waals surface area contributed by atoms with Crippen molar-refractivity contribution in [2.75, 3.05) is 0 Å². The average Bonchev–Trinajstić information content (AvgIpc) is 2.92. The molecule has 0 radical (unpaired) electrons. The molecule has 2 aromatic carbocycles. The molecule has 3 aromatic rings. The molecule has 1 heterocycles. The normalized spacial score (nSPS) is 12.3. The number of aryl methyl sites for hydroxylation is 6. The van der Waals surface area contributed by atoms with Gasteiger partial charge in [-0.15, -0.1) is 0 Å². The largest absolute Gasteiger partial charge is 0.251 e. The first-order valence-corrected chi connectivity index (χ1v) is 13.6. The maximum atomic E-state index is 5.09. The molecule has 0 amide bonds. The molecule has 0 spiro atoms. The average molecular weight is 483 g/mol. The topological polar surface area (TPSA) is 50.5 Å². The Labute approximate surface area is 218 Å². The van der Waals surface area contributed by atoms with Crippen LogP contribution in [0.3, 0.4) is 0 Å². The van der Waals surface area contributed by atoms with Crippen molar-refractivity contribution >= 4 is 22.8 Å². The molecule has 0 atom stereocenters. The Kier molecular flexibility index (Phi) is 9.69. The van der Waals surface area contributed by atoms with Gasteiger partial charge in [0.15, 0.2) is 5.82 Å². The smallest absolute Gasteiger partial charge is 0.174 e. The molecule has 0 unspecified atom stereocenters. The van der Waals surface area contributed by atoms with Gasteiger partial charge in [-0.1, -0.05) is 65.8 Å². The minimum absolute atomic E-state index is 0.651. The molecule has 0 aliphatic heterocycles.